The highest BCUT2D eigenvalue weighted by molar-refractivity contribution is 6.40. The van der Waals surface area contributed by atoms with E-state index in [4.69, 9.17) is 52.1 Å². The van der Waals surface area contributed by atoms with E-state index in [2.05, 4.69) is 0 Å². The van der Waals surface area contributed by atoms with E-state index in [0.29, 0.717) is 16.1 Å². The van der Waals surface area contributed by atoms with Gasteiger partial charge in [-0.05, 0) is 30.3 Å². The second-order valence-electron chi connectivity index (χ2n) is 3.81. The lowest BCUT2D eigenvalue weighted by Gasteiger charge is -2.07. The molecular formula is C13H7Cl4NO. The van der Waals surface area contributed by atoms with Crippen LogP contribution in [-0.4, -0.2) is 5.78 Å². The second-order valence-corrected chi connectivity index (χ2v) is 5.46. The molecule has 0 unspecified atom stereocenters. The van der Waals surface area contributed by atoms with Gasteiger partial charge in [-0.3, -0.25) is 4.79 Å². The molecule has 2 nitrogen and oxygen atoms in total. The molecule has 0 saturated carbocycles. The van der Waals surface area contributed by atoms with Crippen molar-refractivity contribution in [2.45, 2.75) is 0 Å². The summed E-state index contributed by atoms with van der Waals surface area (Å²) in [6.07, 6.45) is 0. The largest absolute Gasteiger partial charge is 0.396 e. The van der Waals surface area contributed by atoms with E-state index in [9.17, 15) is 4.79 Å². The van der Waals surface area contributed by atoms with Crippen molar-refractivity contribution in [3.63, 3.8) is 0 Å². The van der Waals surface area contributed by atoms with Crippen molar-refractivity contribution in [3.05, 3.63) is 61.5 Å². The van der Waals surface area contributed by atoms with Crippen LogP contribution in [0.15, 0.2) is 30.3 Å². The van der Waals surface area contributed by atoms with Gasteiger partial charge in [0.05, 0.1) is 20.8 Å². The van der Waals surface area contributed by atoms with Gasteiger partial charge in [-0.1, -0.05) is 46.4 Å². The molecule has 2 aromatic carbocycles. The molecule has 0 aliphatic heterocycles. The van der Waals surface area contributed by atoms with Crippen LogP contribution in [0, 0.1) is 0 Å². The fraction of sp³-hybridized carbons (Fsp3) is 0. The van der Waals surface area contributed by atoms with E-state index < -0.39 is 0 Å². The zero-order valence-electron chi connectivity index (χ0n) is 9.38. The Morgan fingerprint density at radius 1 is 0.895 bits per heavy atom. The van der Waals surface area contributed by atoms with E-state index in [0.717, 1.165) is 0 Å². The van der Waals surface area contributed by atoms with Gasteiger partial charge in [-0.25, -0.2) is 0 Å². The summed E-state index contributed by atoms with van der Waals surface area (Å²) in [5.74, 6) is -0.300. The maximum absolute atomic E-state index is 12.3. The summed E-state index contributed by atoms with van der Waals surface area (Å²) in [5, 5.41) is 1.17. The summed E-state index contributed by atoms with van der Waals surface area (Å²) in [6, 6.07) is 7.54. The minimum atomic E-state index is -0.300. The predicted molar refractivity (Wildman–Crippen MR) is 80.8 cm³/mol. The normalized spacial score (nSPS) is 10.5. The van der Waals surface area contributed by atoms with Gasteiger partial charge in [-0.15, -0.1) is 0 Å². The number of nitrogens with two attached hydrogens (primary N) is 1. The first-order chi connectivity index (χ1) is 8.90. The molecule has 0 aromatic heterocycles. The van der Waals surface area contributed by atoms with Gasteiger partial charge in [0.2, 0.25) is 0 Å². The molecule has 0 atom stereocenters. The lowest BCUT2D eigenvalue weighted by molar-refractivity contribution is 0.103. The monoisotopic (exact) mass is 333 g/mol. The molecule has 0 aliphatic carbocycles. The predicted octanol–water partition coefficient (Wildman–Crippen LogP) is 5.11. The average Bonchev–Trinajstić information content (AvgIpc) is 2.34. The third-order valence-electron chi connectivity index (χ3n) is 2.52. The molecule has 0 fully saturated rings. The van der Waals surface area contributed by atoms with E-state index in [1.807, 2.05) is 0 Å². The number of carbonyl (C=O) groups is 1. The number of nitrogen functional groups attached to an aromatic ring is 1. The van der Waals surface area contributed by atoms with Gasteiger partial charge in [0.15, 0.2) is 5.78 Å². The number of hydrogen-bond acceptors (Lipinski definition) is 2. The summed E-state index contributed by atoms with van der Waals surface area (Å²) < 4.78 is 0. The maximum atomic E-state index is 12.3. The maximum Gasteiger partial charge on any atom is 0.194 e. The Bertz CT molecular complexity index is 647. The first-order valence-corrected chi connectivity index (χ1v) is 6.65. The third kappa shape index (κ3) is 2.98. The van der Waals surface area contributed by atoms with Crippen LogP contribution in [0.4, 0.5) is 5.69 Å². The lowest BCUT2D eigenvalue weighted by Crippen LogP contribution is -2.03. The highest BCUT2D eigenvalue weighted by Gasteiger charge is 2.16. The molecule has 98 valence electrons. The minimum absolute atomic E-state index is 0.223. The number of anilines is 1. The molecule has 2 rings (SSSR count). The standard InChI is InChI=1S/C13H7Cl4NO/c14-7-1-2-8(9(15)5-7)13(19)6-3-10(16)12(18)11(17)4-6/h1-5H,18H2. The highest BCUT2D eigenvalue weighted by Crippen LogP contribution is 2.31. The van der Waals surface area contributed by atoms with Crippen LogP contribution < -0.4 is 5.73 Å². The summed E-state index contributed by atoms with van der Waals surface area (Å²) >= 11 is 23.6. The topological polar surface area (TPSA) is 43.1 Å². The van der Waals surface area contributed by atoms with Crippen LogP contribution in [0.2, 0.25) is 20.1 Å². The van der Waals surface area contributed by atoms with Crippen molar-refractivity contribution in [1.82, 2.24) is 0 Å². The van der Waals surface area contributed by atoms with Gasteiger partial charge in [-0.2, -0.15) is 0 Å². The molecule has 2 N–H and O–H groups in total. The molecule has 0 bridgehead atoms. The SMILES string of the molecule is Nc1c(Cl)cc(C(=O)c2ccc(Cl)cc2Cl)cc1Cl. The Kier molecular flexibility index (Phi) is 4.26. The molecule has 0 aliphatic rings. The molecule has 0 radical (unpaired) electrons. The fourth-order valence-corrected chi connectivity index (χ4v) is 2.53. The molecule has 0 spiro atoms. The van der Waals surface area contributed by atoms with Crippen molar-refractivity contribution in [1.29, 1.82) is 0 Å². The van der Waals surface area contributed by atoms with E-state index in [-0.39, 0.29) is 26.5 Å². The molecule has 2 aromatic rings. The van der Waals surface area contributed by atoms with Crippen LogP contribution in [-0.2, 0) is 0 Å². The lowest BCUT2D eigenvalue weighted by atomic mass is 10.0. The third-order valence-corrected chi connectivity index (χ3v) is 3.69. The molecular weight excluding hydrogens is 328 g/mol. The Balaban J connectivity index is 2.50. The van der Waals surface area contributed by atoms with Gasteiger partial charge in [0.1, 0.15) is 0 Å². The van der Waals surface area contributed by atoms with Crippen molar-refractivity contribution >= 4 is 57.9 Å². The summed E-state index contributed by atoms with van der Waals surface area (Å²) in [6.45, 7) is 0. The van der Waals surface area contributed by atoms with Crippen molar-refractivity contribution in [2.75, 3.05) is 5.73 Å². The number of carbonyl (C=O) groups excluding carboxylic acids is 1. The molecule has 0 saturated heterocycles. The van der Waals surface area contributed by atoms with Crippen molar-refractivity contribution in [3.8, 4) is 0 Å². The van der Waals surface area contributed by atoms with E-state index in [1.54, 1.807) is 12.1 Å². The molecule has 0 amide bonds. The zero-order chi connectivity index (χ0) is 14.2. The minimum Gasteiger partial charge on any atom is -0.396 e. The fourth-order valence-electron chi connectivity index (χ4n) is 1.54. The number of hydrogen-bond donors (Lipinski definition) is 1. The summed E-state index contributed by atoms with van der Waals surface area (Å²) in [5.41, 5.74) is 6.49. The Labute approximate surface area is 130 Å². The van der Waals surface area contributed by atoms with Gasteiger partial charge in [0.25, 0.3) is 0 Å². The van der Waals surface area contributed by atoms with Crippen LogP contribution in [0.3, 0.4) is 0 Å². The van der Waals surface area contributed by atoms with Crippen LogP contribution in [0.25, 0.3) is 0 Å². The summed E-state index contributed by atoms with van der Waals surface area (Å²) in [4.78, 5) is 12.3. The Morgan fingerprint density at radius 2 is 1.47 bits per heavy atom. The second kappa shape index (κ2) is 5.59. The number of ketones is 1. The number of rotatable bonds is 2. The average molecular weight is 335 g/mol. The molecule has 0 heterocycles. The van der Waals surface area contributed by atoms with Gasteiger partial charge < -0.3 is 5.73 Å². The number of halogens is 4. The van der Waals surface area contributed by atoms with Gasteiger partial charge in [0, 0.05) is 16.1 Å². The van der Waals surface area contributed by atoms with Crippen molar-refractivity contribution in [2.24, 2.45) is 0 Å². The smallest absolute Gasteiger partial charge is 0.194 e. The zero-order valence-corrected chi connectivity index (χ0v) is 12.4. The quantitative estimate of drug-likeness (QED) is 0.612. The first-order valence-electron chi connectivity index (χ1n) is 5.14. The summed E-state index contributed by atoms with van der Waals surface area (Å²) in [7, 11) is 0. The van der Waals surface area contributed by atoms with Crippen LogP contribution >= 0.6 is 46.4 Å². The molecule has 19 heavy (non-hydrogen) atoms. The first kappa shape index (κ1) is 14.5. The molecule has 6 heteroatoms. The Morgan fingerprint density at radius 3 is 2.00 bits per heavy atom. The van der Waals surface area contributed by atoms with E-state index >= 15 is 0 Å². The van der Waals surface area contributed by atoms with Gasteiger partial charge >= 0.3 is 0 Å². The van der Waals surface area contributed by atoms with E-state index in [1.165, 1.54) is 18.2 Å². The number of benzene rings is 2. The van der Waals surface area contributed by atoms with Crippen molar-refractivity contribution < 1.29 is 4.79 Å². The van der Waals surface area contributed by atoms with Crippen LogP contribution in [0.5, 0.6) is 0 Å². The Hall–Kier alpha value is -0.930. The highest BCUT2D eigenvalue weighted by atomic mass is 35.5. The van der Waals surface area contributed by atoms with Crippen LogP contribution in [0.1, 0.15) is 15.9 Å².